The van der Waals surface area contributed by atoms with E-state index in [2.05, 4.69) is 9.98 Å². The lowest BCUT2D eigenvalue weighted by molar-refractivity contribution is 0.329. The summed E-state index contributed by atoms with van der Waals surface area (Å²) in [5.74, 6) is -0.490. The maximum atomic E-state index is 12.7. The Morgan fingerprint density at radius 2 is 1.81 bits per heavy atom. The van der Waals surface area contributed by atoms with Crippen LogP contribution in [0.1, 0.15) is 45.2 Å². The van der Waals surface area contributed by atoms with Crippen molar-refractivity contribution in [2.24, 2.45) is 26.9 Å². The van der Waals surface area contributed by atoms with E-state index in [0.717, 1.165) is 29.7 Å². The highest BCUT2D eigenvalue weighted by atomic mass is 32.2. The van der Waals surface area contributed by atoms with E-state index in [1.165, 1.54) is 16.7 Å². The zero-order valence-corrected chi connectivity index (χ0v) is 19.7. The number of nitrogens with two attached hydrogens (primary N) is 2. The first-order valence-electron chi connectivity index (χ1n) is 9.94. The molecule has 1 saturated carbocycles. The van der Waals surface area contributed by atoms with Crippen LogP contribution in [0, 0.1) is 5.41 Å². The summed E-state index contributed by atoms with van der Waals surface area (Å²) in [7, 11) is -2.27. The molecule has 0 aliphatic heterocycles. The highest BCUT2D eigenvalue weighted by molar-refractivity contribution is 7.91. The second-order valence-electron chi connectivity index (χ2n) is 8.70. The monoisotopic (exact) mass is 463 g/mol. The Labute approximate surface area is 187 Å². The fourth-order valence-electron chi connectivity index (χ4n) is 3.15. The van der Waals surface area contributed by atoms with Gasteiger partial charge in [-0.25, -0.2) is 13.4 Å². The fraction of sp³-hybridized carbons (Fsp3) is 0.429. The summed E-state index contributed by atoms with van der Waals surface area (Å²) >= 11 is 0.902. The normalized spacial score (nSPS) is 17.2. The third-order valence-corrected chi connectivity index (χ3v) is 8.48. The third-order valence-electron chi connectivity index (χ3n) is 5.10. The molecule has 0 bridgehead atoms. The number of sulfonamides is 1. The molecular formula is C21H29N5O3S2. The molecule has 5 N–H and O–H groups in total. The van der Waals surface area contributed by atoms with Crippen LogP contribution >= 0.6 is 11.3 Å². The number of hydrogen-bond acceptors (Lipinski definition) is 6. The summed E-state index contributed by atoms with van der Waals surface area (Å²) in [5.41, 5.74) is 13.0. The average Bonchev–Trinajstić information content (AvgIpc) is 3.49. The highest BCUT2D eigenvalue weighted by Crippen LogP contribution is 2.42. The summed E-state index contributed by atoms with van der Waals surface area (Å²) in [6.07, 6.45) is 1.65. The van der Waals surface area contributed by atoms with Crippen molar-refractivity contribution in [3.05, 3.63) is 41.3 Å². The molecule has 1 atom stereocenters. The first-order chi connectivity index (χ1) is 14.4. The van der Waals surface area contributed by atoms with Gasteiger partial charge in [0.05, 0.1) is 6.04 Å². The molecule has 10 heteroatoms. The summed E-state index contributed by atoms with van der Waals surface area (Å²) in [6, 6.07) is 9.46. The second kappa shape index (κ2) is 8.60. The molecule has 3 rings (SSSR count). The van der Waals surface area contributed by atoms with E-state index in [1.54, 1.807) is 0 Å². The molecule has 0 unspecified atom stereocenters. The zero-order chi connectivity index (χ0) is 23.0. The van der Waals surface area contributed by atoms with Gasteiger partial charge in [0.25, 0.3) is 10.0 Å². The summed E-state index contributed by atoms with van der Waals surface area (Å²) < 4.78 is 26.6. The lowest BCUT2D eigenvalue weighted by Gasteiger charge is -2.28. The predicted octanol–water partition coefficient (Wildman–Crippen LogP) is 3.37. The summed E-state index contributed by atoms with van der Waals surface area (Å²) in [6.45, 7) is 6.15. The van der Waals surface area contributed by atoms with Gasteiger partial charge >= 0.3 is 0 Å². The minimum absolute atomic E-state index is 0.0152. The van der Waals surface area contributed by atoms with E-state index in [4.69, 9.17) is 11.5 Å². The Bertz CT molecular complexity index is 1100. The molecule has 31 heavy (non-hydrogen) atoms. The van der Waals surface area contributed by atoms with Gasteiger partial charge in [0.15, 0.2) is 21.6 Å². The van der Waals surface area contributed by atoms with Gasteiger partial charge in [0, 0.05) is 18.5 Å². The number of hydrogen-bond donors (Lipinski definition) is 3. The predicted molar refractivity (Wildman–Crippen MR) is 125 cm³/mol. The van der Waals surface area contributed by atoms with Crippen molar-refractivity contribution in [2.45, 2.75) is 49.9 Å². The van der Waals surface area contributed by atoms with Crippen LogP contribution in [-0.2, 0) is 10.0 Å². The minimum Gasteiger partial charge on any atom is -0.504 e. The van der Waals surface area contributed by atoms with E-state index >= 15 is 0 Å². The molecule has 8 nitrogen and oxygen atoms in total. The first-order valence-corrected chi connectivity index (χ1v) is 12.3. The lowest BCUT2D eigenvalue weighted by Crippen LogP contribution is -2.33. The van der Waals surface area contributed by atoms with E-state index in [-0.39, 0.29) is 39.1 Å². The maximum absolute atomic E-state index is 12.7. The van der Waals surface area contributed by atoms with Gasteiger partial charge in [-0.15, -0.1) is 11.3 Å². The molecular weight excluding hydrogens is 434 g/mol. The van der Waals surface area contributed by atoms with E-state index in [0.29, 0.717) is 0 Å². The standard InChI is InChI=1S/C21H29N5O3S2/c1-21(2,3)17(13-8-6-5-7-9-13)25-19(23)18(22)24-15-12-30-20(16(15)27)31(28,29)26(4)14-10-11-14/h5-9,12,14,17,27H,10-11H2,1-4H3,(H2,22,24)(H2,23,25)/t17-/m0/s1. The van der Waals surface area contributed by atoms with Crippen molar-refractivity contribution in [2.75, 3.05) is 7.05 Å². The number of rotatable bonds is 6. The smallest absolute Gasteiger partial charge is 0.256 e. The Balaban J connectivity index is 1.91. The number of aliphatic imine (C=N–C) groups is 2. The van der Waals surface area contributed by atoms with Crippen LogP contribution in [0.3, 0.4) is 0 Å². The molecule has 168 valence electrons. The highest BCUT2D eigenvalue weighted by Gasteiger charge is 2.37. The summed E-state index contributed by atoms with van der Waals surface area (Å²) in [4.78, 5) is 8.75. The van der Waals surface area contributed by atoms with Gasteiger partial charge in [0.2, 0.25) is 0 Å². The molecule has 1 aromatic heterocycles. The van der Waals surface area contributed by atoms with Crippen LogP contribution in [0.4, 0.5) is 5.69 Å². The van der Waals surface area contributed by atoms with Gasteiger partial charge in [-0.1, -0.05) is 51.1 Å². The average molecular weight is 464 g/mol. The number of nitrogens with zero attached hydrogens (tertiary/aromatic N) is 3. The van der Waals surface area contributed by atoms with Gasteiger partial charge in [-0.05, 0) is 23.8 Å². The largest absolute Gasteiger partial charge is 0.504 e. The Morgan fingerprint density at radius 1 is 1.19 bits per heavy atom. The number of amidine groups is 2. The van der Waals surface area contributed by atoms with Gasteiger partial charge in [0.1, 0.15) is 5.69 Å². The number of thiophene rings is 1. The molecule has 0 saturated heterocycles. The fourth-order valence-corrected chi connectivity index (χ4v) is 5.95. The van der Waals surface area contributed by atoms with Crippen LogP contribution in [0.15, 0.2) is 49.9 Å². The Kier molecular flexibility index (Phi) is 6.45. The third kappa shape index (κ3) is 5.08. The van der Waals surface area contributed by atoms with E-state index in [1.807, 2.05) is 51.1 Å². The minimum atomic E-state index is -3.79. The van der Waals surface area contributed by atoms with Crippen LogP contribution in [0.2, 0.25) is 0 Å². The number of aromatic hydroxyl groups is 1. The number of benzene rings is 1. The van der Waals surface area contributed by atoms with Crippen molar-refractivity contribution in [1.82, 2.24) is 4.31 Å². The van der Waals surface area contributed by atoms with Crippen molar-refractivity contribution in [1.29, 1.82) is 0 Å². The second-order valence-corrected chi connectivity index (χ2v) is 11.8. The zero-order valence-electron chi connectivity index (χ0n) is 18.1. The van der Waals surface area contributed by atoms with Crippen molar-refractivity contribution >= 4 is 38.7 Å². The van der Waals surface area contributed by atoms with Gasteiger partial charge in [-0.2, -0.15) is 4.31 Å². The molecule has 1 aliphatic carbocycles. The van der Waals surface area contributed by atoms with Crippen molar-refractivity contribution < 1.29 is 13.5 Å². The van der Waals surface area contributed by atoms with Crippen LogP contribution in [-0.4, -0.2) is 42.6 Å². The van der Waals surface area contributed by atoms with Gasteiger partial charge in [-0.3, -0.25) is 4.99 Å². The Morgan fingerprint density at radius 3 is 2.35 bits per heavy atom. The quantitative estimate of drug-likeness (QED) is 0.446. The van der Waals surface area contributed by atoms with Crippen LogP contribution in [0.25, 0.3) is 0 Å². The summed E-state index contributed by atoms with van der Waals surface area (Å²) in [5, 5.41) is 11.9. The van der Waals surface area contributed by atoms with Crippen molar-refractivity contribution in [3.63, 3.8) is 0 Å². The van der Waals surface area contributed by atoms with Crippen LogP contribution < -0.4 is 11.5 Å². The van der Waals surface area contributed by atoms with E-state index in [9.17, 15) is 13.5 Å². The SMILES string of the molecule is CN(C1CC1)S(=O)(=O)c1scc(N=C(N)C(N)=N[C@@H](c2ccccc2)C(C)(C)C)c1O. The molecule has 0 radical (unpaired) electrons. The molecule has 1 heterocycles. The molecule has 0 spiro atoms. The molecule has 1 fully saturated rings. The first kappa shape index (κ1) is 23.2. The Hall–Kier alpha value is -2.43. The van der Waals surface area contributed by atoms with Crippen molar-refractivity contribution in [3.8, 4) is 5.75 Å². The van der Waals surface area contributed by atoms with E-state index < -0.39 is 15.8 Å². The molecule has 0 amide bonds. The lowest BCUT2D eigenvalue weighted by atomic mass is 9.83. The molecule has 1 aromatic carbocycles. The molecule has 2 aromatic rings. The van der Waals surface area contributed by atoms with Gasteiger partial charge < -0.3 is 16.6 Å². The maximum Gasteiger partial charge on any atom is 0.256 e. The topological polar surface area (TPSA) is 134 Å². The molecule has 1 aliphatic rings. The van der Waals surface area contributed by atoms with Crippen LogP contribution in [0.5, 0.6) is 5.75 Å².